The summed E-state index contributed by atoms with van der Waals surface area (Å²) in [6, 6.07) is 14.8. The van der Waals surface area contributed by atoms with Crippen LogP contribution in [0.5, 0.6) is 5.75 Å². The van der Waals surface area contributed by atoms with Crippen LogP contribution < -0.4 is 4.74 Å². The smallest absolute Gasteiger partial charge is 0.261 e. The Hall–Kier alpha value is -2.66. The number of fused-ring (bicyclic) bond motifs is 1. The second-order valence-electron chi connectivity index (χ2n) is 8.07. The number of nitrogens with zero attached hydrogens (tertiary/aromatic N) is 1. The maximum absolute atomic E-state index is 12.5. The van der Waals surface area contributed by atoms with Gasteiger partial charge in [0, 0.05) is 6.54 Å². The Kier molecular flexibility index (Phi) is 7.27. The van der Waals surface area contributed by atoms with Crippen LogP contribution in [0, 0.1) is 0 Å². The van der Waals surface area contributed by atoms with Crippen LogP contribution in [0.25, 0.3) is 0 Å². The second-order valence-corrected chi connectivity index (χ2v) is 8.07. The van der Waals surface area contributed by atoms with Gasteiger partial charge in [-0.25, -0.2) is 0 Å². The zero-order chi connectivity index (χ0) is 21.6. The highest BCUT2D eigenvalue weighted by molar-refractivity contribution is 6.21. The highest BCUT2D eigenvalue weighted by atomic mass is 16.5. The minimum absolute atomic E-state index is 0.209. The van der Waals surface area contributed by atoms with Crippen molar-refractivity contribution in [2.45, 2.75) is 58.0 Å². The second kappa shape index (κ2) is 9.90. The fourth-order valence-electron chi connectivity index (χ4n) is 4.09. The molecule has 0 aliphatic carbocycles. The average molecular weight is 410 g/mol. The summed E-state index contributed by atoms with van der Waals surface area (Å²) in [5.74, 6) is 0.316. The molecule has 1 aliphatic heterocycles. The molecule has 2 aromatic carbocycles. The van der Waals surface area contributed by atoms with Gasteiger partial charge in [-0.15, -0.1) is 0 Å². The van der Waals surface area contributed by atoms with E-state index >= 15 is 0 Å². The summed E-state index contributed by atoms with van der Waals surface area (Å²) < 4.78 is 5.90. The van der Waals surface area contributed by atoms with Gasteiger partial charge in [0.2, 0.25) is 0 Å². The van der Waals surface area contributed by atoms with E-state index in [-0.39, 0.29) is 18.4 Å². The van der Waals surface area contributed by atoms with Crippen LogP contribution in [0.1, 0.15) is 72.2 Å². The first-order chi connectivity index (χ1) is 14.5. The number of amides is 2. The van der Waals surface area contributed by atoms with Gasteiger partial charge in [0.05, 0.1) is 16.7 Å². The monoisotopic (exact) mass is 409 g/mol. The van der Waals surface area contributed by atoms with Crippen molar-refractivity contribution in [2.24, 2.45) is 0 Å². The van der Waals surface area contributed by atoms with Gasteiger partial charge >= 0.3 is 0 Å². The summed E-state index contributed by atoms with van der Waals surface area (Å²) in [4.78, 5) is 26.2. The first-order valence-corrected chi connectivity index (χ1v) is 10.9. The summed E-state index contributed by atoms with van der Waals surface area (Å²) in [5.41, 5.74) is 1.28. The largest absolute Gasteiger partial charge is 0.491 e. The number of ether oxygens (including phenoxy) is 1. The Labute approximate surface area is 178 Å². The first kappa shape index (κ1) is 22.0. The third kappa shape index (κ3) is 5.08. The van der Waals surface area contributed by atoms with Crippen molar-refractivity contribution < 1.29 is 19.4 Å². The van der Waals surface area contributed by atoms with Crippen molar-refractivity contribution in [1.82, 2.24) is 4.90 Å². The number of benzene rings is 2. The fraction of sp³-hybridized carbons (Fsp3) is 0.440. The molecule has 1 heterocycles. The van der Waals surface area contributed by atoms with Crippen molar-refractivity contribution in [3.05, 3.63) is 65.2 Å². The summed E-state index contributed by atoms with van der Waals surface area (Å²) >= 11 is 0. The maximum atomic E-state index is 12.5. The standard InChI is InChI=1S/C25H31NO4/c1-3-14-25(29,15-4-2)18-30-20-11-7-9-19(17-20)10-8-16-26-23(27)21-12-5-6-13-22(21)24(26)28/h5-7,9,11-13,17,29H,3-4,8,10,14-16,18H2,1-2H3. The highest BCUT2D eigenvalue weighted by Crippen LogP contribution is 2.24. The number of hydrogen-bond acceptors (Lipinski definition) is 4. The molecule has 0 bridgehead atoms. The summed E-state index contributed by atoms with van der Waals surface area (Å²) in [6.45, 7) is 4.81. The molecule has 30 heavy (non-hydrogen) atoms. The number of carbonyl (C=O) groups is 2. The Morgan fingerprint density at radius 3 is 2.17 bits per heavy atom. The molecule has 0 radical (unpaired) electrons. The molecule has 0 spiro atoms. The van der Waals surface area contributed by atoms with Gasteiger partial charge in [-0.1, -0.05) is 51.0 Å². The Morgan fingerprint density at radius 2 is 1.57 bits per heavy atom. The third-order valence-corrected chi connectivity index (χ3v) is 5.56. The van der Waals surface area contributed by atoms with Gasteiger partial charge in [-0.05, 0) is 55.5 Å². The van der Waals surface area contributed by atoms with E-state index in [0.29, 0.717) is 24.1 Å². The first-order valence-electron chi connectivity index (χ1n) is 10.9. The van der Waals surface area contributed by atoms with E-state index in [9.17, 15) is 14.7 Å². The van der Waals surface area contributed by atoms with Gasteiger partial charge in [0.1, 0.15) is 12.4 Å². The minimum atomic E-state index is -0.787. The normalized spacial score (nSPS) is 13.6. The lowest BCUT2D eigenvalue weighted by molar-refractivity contribution is -0.0202. The predicted molar refractivity (Wildman–Crippen MR) is 117 cm³/mol. The average Bonchev–Trinajstić information content (AvgIpc) is 2.98. The molecule has 160 valence electrons. The SMILES string of the molecule is CCCC(O)(CCC)COc1cccc(CCCN2C(=O)c3ccccc3C2=O)c1. The number of aryl methyl sites for hydroxylation is 1. The topological polar surface area (TPSA) is 66.8 Å². The number of rotatable bonds is 11. The van der Waals surface area contributed by atoms with Crippen LogP contribution in [0.15, 0.2) is 48.5 Å². The van der Waals surface area contributed by atoms with Gasteiger partial charge < -0.3 is 9.84 Å². The van der Waals surface area contributed by atoms with Gasteiger partial charge in [-0.3, -0.25) is 14.5 Å². The molecule has 2 amide bonds. The van der Waals surface area contributed by atoms with E-state index in [4.69, 9.17) is 4.74 Å². The van der Waals surface area contributed by atoms with Crippen molar-refractivity contribution in [3.8, 4) is 5.75 Å². The van der Waals surface area contributed by atoms with Crippen LogP contribution in [0.2, 0.25) is 0 Å². The third-order valence-electron chi connectivity index (χ3n) is 5.56. The Morgan fingerprint density at radius 1 is 0.933 bits per heavy atom. The zero-order valence-corrected chi connectivity index (χ0v) is 17.9. The number of carbonyl (C=O) groups excluding carboxylic acids is 2. The number of aliphatic hydroxyl groups is 1. The molecular formula is C25H31NO4. The zero-order valence-electron chi connectivity index (χ0n) is 17.9. The van der Waals surface area contributed by atoms with E-state index in [1.165, 1.54) is 4.90 Å². The molecule has 1 N–H and O–H groups in total. The molecule has 3 rings (SSSR count). The fourth-order valence-corrected chi connectivity index (χ4v) is 4.09. The van der Waals surface area contributed by atoms with Gasteiger partial charge in [0.15, 0.2) is 0 Å². The number of imide groups is 1. The van der Waals surface area contributed by atoms with Crippen molar-refractivity contribution in [3.63, 3.8) is 0 Å². The van der Waals surface area contributed by atoms with Crippen LogP contribution in [-0.4, -0.2) is 40.6 Å². The lowest BCUT2D eigenvalue weighted by atomic mass is 9.94. The lowest BCUT2D eigenvalue weighted by Gasteiger charge is -2.27. The summed E-state index contributed by atoms with van der Waals surface area (Å²) in [5, 5.41) is 10.7. The van der Waals surface area contributed by atoms with E-state index in [1.54, 1.807) is 24.3 Å². The minimum Gasteiger partial charge on any atom is -0.491 e. The maximum Gasteiger partial charge on any atom is 0.261 e. The van der Waals surface area contributed by atoms with E-state index in [1.807, 2.05) is 24.3 Å². The van der Waals surface area contributed by atoms with Crippen LogP contribution >= 0.6 is 0 Å². The van der Waals surface area contributed by atoms with Crippen LogP contribution in [0.3, 0.4) is 0 Å². The van der Waals surface area contributed by atoms with Crippen molar-refractivity contribution in [2.75, 3.05) is 13.2 Å². The van der Waals surface area contributed by atoms with Crippen molar-refractivity contribution in [1.29, 1.82) is 0 Å². The summed E-state index contributed by atoms with van der Waals surface area (Å²) in [7, 11) is 0. The molecule has 0 atom stereocenters. The molecule has 0 saturated carbocycles. The molecule has 0 saturated heterocycles. The molecule has 1 aliphatic rings. The number of hydrogen-bond donors (Lipinski definition) is 1. The van der Waals surface area contributed by atoms with Crippen LogP contribution in [0.4, 0.5) is 0 Å². The lowest BCUT2D eigenvalue weighted by Crippen LogP contribution is -2.35. The van der Waals surface area contributed by atoms with Gasteiger partial charge in [0.25, 0.3) is 11.8 Å². The highest BCUT2D eigenvalue weighted by Gasteiger charge is 2.34. The predicted octanol–water partition coefficient (Wildman–Crippen LogP) is 4.63. The Bertz CT molecular complexity index is 851. The van der Waals surface area contributed by atoms with Crippen LogP contribution in [-0.2, 0) is 6.42 Å². The van der Waals surface area contributed by atoms with E-state index < -0.39 is 5.60 Å². The molecule has 2 aromatic rings. The summed E-state index contributed by atoms with van der Waals surface area (Å²) in [6.07, 6.45) is 4.69. The Balaban J connectivity index is 1.54. The molecule has 5 nitrogen and oxygen atoms in total. The quantitative estimate of drug-likeness (QED) is 0.550. The van der Waals surface area contributed by atoms with Crippen molar-refractivity contribution >= 4 is 11.8 Å². The van der Waals surface area contributed by atoms with Gasteiger partial charge in [-0.2, -0.15) is 0 Å². The molecular weight excluding hydrogens is 378 g/mol. The molecule has 0 unspecified atom stereocenters. The van der Waals surface area contributed by atoms with E-state index in [0.717, 1.165) is 43.4 Å². The van der Waals surface area contributed by atoms with E-state index in [2.05, 4.69) is 13.8 Å². The molecule has 5 heteroatoms. The molecule has 0 aromatic heterocycles. The molecule has 0 fully saturated rings.